The summed E-state index contributed by atoms with van der Waals surface area (Å²) in [4.78, 5) is 8.36. The van der Waals surface area contributed by atoms with Crippen LogP contribution in [0.5, 0.6) is 17.2 Å². The third-order valence-electron chi connectivity index (χ3n) is 2.04. The zero-order valence-electron chi connectivity index (χ0n) is 9.95. The van der Waals surface area contributed by atoms with Crippen LogP contribution in [0.1, 0.15) is 0 Å². The monoisotopic (exact) mass is 246 g/mol. The SMILES string of the molecule is COc1ccc(Oc2ccccc2)cc1.O=CO. The minimum Gasteiger partial charge on any atom is -0.497 e. The van der Waals surface area contributed by atoms with E-state index in [1.54, 1.807) is 7.11 Å². The van der Waals surface area contributed by atoms with Crippen molar-refractivity contribution >= 4 is 6.47 Å². The van der Waals surface area contributed by atoms with E-state index in [0.717, 1.165) is 17.2 Å². The number of ether oxygens (including phenoxy) is 2. The molecule has 2 aromatic rings. The summed E-state index contributed by atoms with van der Waals surface area (Å²) < 4.78 is 10.7. The third kappa shape index (κ3) is 4.57. The van der Waals surface area contributed by atoms with Crippen LogP contribution in [-0.2, 0) is 4.79 Å². The molecule has 0 unspecified atom stereocenters. The summed E-state index contributed by atoms with van der Waals surface area (Å²) in [5, 5.41) is 6.89. The van der Waals surface area contributed by atoms with Crippen LogP contribution in [0.25, 0.3) is 0 Å². The van der Waals surface area contributed by atoms with Gasteiger partial charge in [0.05, 0.1) is 7.11 Å². The van der Waals surface area contributed by atoms with Gasteiger partial charge in [-0.15, -0.1) is 0 Å². The van der Waals surface area contributed by atoms with Crippen LogP contribution in [0.4, 0.5) is 0 Å². The van der Waals surface area contributed by atoms with Crippen molar-refractivity contribution in [2.75, 3.05) is 7.11 Å². The molecule has 0 amide bonds. The van der Waals surface area contributed by atoms with Gasteiger partial charge in [0.15, 0.2) is 0 Å². The van der Waals surface area contributed by atoms with E-state index < -0.39 is 0 Å². The molecule has 0 saturated carbocycles. The minimum absolute atomic E-state index is 0.250. The highest BCUT2D eigenvalue weighted by molar-refractivity contribution is 5.35. The molecule has 1 N–H and O–H groups in total. The molecule has 0 atom stereocenters. The van der Waals surface area contributed by atoms with Gasteiger partial charge < -0.3 is 14.6 Å². The van der Waals surface area contributed by atoms with Gasteiger partial charge in [-0.25, -0.2) is 0 Å². The second-order valence-corrected chi connectivity index (χ2v) is 3.20. The maximum atomic E-state index is 8.36. The Labute approximate surface area is 105 Å². The summed E-state index contributed by atoms with van der Waals surface area (Å²) in [5.74, 6) is 2.47. The van der Waals surface area contributed by atoms with Crippen LogP contribution in [0.2, 0.25) is 0 Å². The van der Waals surface area contributed by atoms with Crippen molar-refractivity contribution in [2.24, 2.45) is 0 Å². The Balaban J connectivity index is 0.000000492. The molecule has 94 valence electrons. The number of methoxy groups -OCH3 is 1. The lowest BCUT2D eigenvalue weighted by Gasteiger charge is -2.05. The molecule has 4 heteroatoms. The normalized spacial score (nSPS) is 8.72. The summed E-state index contributed by atoms with van der Waals surface area (Å²) >= 11 is 0. The largest absolute Gasteiger partial charge is 0.497 e. The van der Waals surface area contributed by atoms with Crippen molar-refractivity contribution in [3.63, 3.8) is 0 Å². The first-order valence-corrected chi connectivity index (χ1v) is 5.25. The number of hydrogen-bond donors (Lipinski definition) is 1. The number of rotatable bonds is 3. The molecular formula is C14H14O4. The Morgan fingerprint density at radius 1 is 0.889 bits per heavy atom. The van der Waals surface area contributed by atoms with Crippen LogP contribution in [0.15, 0.2) is 54.6 Å². The number of hydrogen-bond acceptors (Lipinski definition) is 3. The van der Waals surface area contributed by atoms with Crippen LogP contribution >= 0.6 is 0 Å². The van der Waals surface area contributed by atoms with Crippen molar-refractivity contribution in [1.29, 1.82) is 0 Å². The Kier molecular flexibility index (Phi) is 5.83. The number of carboxylic acid groups (broad SMARTS) is 1. The minimum atomic E-state index is -0.250. The first kappa shape index (κ1) is 13.6. The quantitative estimate of drug-likeness (QED) is 0.845. The molecule has 0 aliphatic heterocycles. The number of benzene rings is 2. The fraction of sp³-hybridized carbons (Fsp3) is 0.0714. The Bertz CT molecular complexity index is 451. The summed E-state index contributed by atoms with van der Waals surface area (Å²) in [5.41, 5.74) is 0. The van der Waals surface area contributed by atoms with E-state index in [-0.39, 0.29) is 6.47 Å². The second kappa shape index (κ2) is 7.73. The molecule has 2 rings (SSSR count). The molecule has 0 heterocycles. The lowest BCUT2D eigenvalue weighted by molar-refractivity contribution is -0.122. The average molecular weight is 246 g/mol. The molecular weight excluding hydrogens is 232 g/mol. The van der Waals surface area contributed by atoms with Crippen molar-refractivity contribution in [3.8, 4) is 17.2 Å². The highest BCUT2D eigenvalue weighted by atomic mass is 16.5. The molecule has 0 saturated heterocycles. The van der Waals surface area contributed by atoms with Crippen LogP contribution in [0.3, 0.4) is 0 Å². The standard InChI is InChI=1S/C13H12O2.CH2O2/c1-14-11-7-9-13(10-8-11)15-12-5-3-2-4-6-12;2-1-3/h2-10H,1H3;1H,(H,2,3). The third-order valence-corrected chi connectivity index (χ3v) is 2.04. The van der Waals surface area contributed by atoms with Gasteiger partial charge in [-0.3, -0.25) is 4.79 Å². The highest BCUT2D eigenvalue weighted by Gasteiger charge is 1.96. The number of carbonyl (C=O) groups is 1. The molecule has 18 heavy (non-hydrogen) atoms. The number of para-hydroxylation sites is 1. The summed E-state index contributed by atoms with van der Waals surface area (Å²) in [7, 11) is 1.65. The topological polar surface area (TPSA) is 55.8 Å². The van der Waals surface area contributed by atoms with E-state index in [9.17, 15) is 0 Å². The van der Waals surface area contributed by atoms with Crippen LogP contribution in [0, 0.1) is 0 Å². The Morgan fingerprint density at radius 2 is 1.33 bits per heavy atom. The second-order valence-electron chi connectivity index (χ2n) is 3.20. The van der Waals surface area contributed by atoms with Crippen LogP contribution < -0.4 is 9.47 Å². The predicted molar refractivity (Wildman–Crippen MR) is 68.2 cm³/mol. The first-order chi connectivity index (χ1) is 8.80. The summed E-state index contributed by atoms with van der Waals surface area (Å²) in [6, 6.07) is 17.2. The van der Waals surface area contributed by atoms with E-state index in [1.165, 1.54) is 0 Å². The van der Waals surface area contributed by atoms with Crippen molar-refractivity contribution in [1.82, 2.24) is 0 Å². The average Bonchev–Trinajstić information content (AvgIpc) is 2.42. The zero-order chi connectivity index (χ0) is 13.2. The smallest absolute Gasteiger partial charge is 0.290 e. The highest BCUT2D eigenvalue weighted by Crippen LogP contribution is 2.23. The summed E-state index contributed by atoms with van der Waals surface area (Å²) in [6.07, 6.45) is 0. The maximum absolute atomic E-state index is 8.36. The van der Waals surface area contributed by atoms with Crippen molar-refractivity contribution in [2.45, 2.75) is 0 Å². The lowest BCUT2D eigenvalue weighted by Crippen LogP contribution is -1.85. The van der Waals surface area contributed by atoms with Gasteiger partial charge in [0.2, 0.25) is 0 Å². The Morgan fingerprint density at radius 3 is 1.83 bits per heavy atom. The van der Waals surface area contributed by atoms with Crippen molar-refractivity contribution < 1.29 is 19.4 Å². The van der Waals surface area contributed by atoms with E-state index in [2.05, 4.69) is 0 Å². The molecule has 0 bridgehead atoms. The molecule has 4 nitrogen and oxygen atoms in total. The van der Waals surface area contributed by atoms with E-state index >= 15 is 0 Å². The first-order valence-electron chi connectivity index (χ1n) is 5.25. The van der Waals surface area contributed by atoms with Gasteiger partial charge in [-0.05, 0) is 36.4 Å². The van der Waals surface area contributed by atoms with Gasteiger partial charge in [-0.2, -0.15) is 0 Å². The molecule has 0 fully saturated rings. The fourth-order valence-corrected chi connectivity index (χ4v) is 1.27. The molecule has 0 radical (unpaired) electrons. The van der Waals surface area contributed by atoms with Crippen LogP contribution in [-0.4, -0.2) is 18.7 Å². The van der Waals surface area contributed by atoms with E-state index in [0.29, 0.717) is 0 Å². The maximum Gasteiger partial charge on any atom is 0.290 e. The van der Waals surface area contributed by atoms with Gasteiger partial charge in [0.25, 0.3) is 6.47 Å². The lowest BCUT2D eigenvalue weighted by atomic mass is 10.3. The fourth-order valence-electron chi connectivity index (χ4n) is 1.27. The van der Waals surface area contributed by atoms with E-state index in [1.807, 2.05) is 54.6 Å². The van der Waals surface area contributed by atoms with Crippen molar-refractivity contribution in [3.05, 3.63) is 54.6 Å². The molecule has 0 aliphatic rings. The van der Waals surface area contributed by atoms with Gasteiger partial charge >= 0.3 is 0 Å². The predicted octanol–water partition coefficient (Wildman–Crippen LogP) is 3.19. The molecule has 0 aliphatic carbocycles. The summed E-state index contributed by atoms with van der Waals surface area (Å²) in [6.45, 7) is -0.250. The Hall–Kier alpha value is -2.49. The molecule has 2 aromatic carbocycles. The zero-order valence-corrected chi connectivity index (χ0v) is 9.95. The van der Waals surface area contributed by atoms with Gasteiger partial charge in [0.1, 0.15) is 17.2 Å². The molecule has 0 aromatic heterocycles. The van der Waals surface area contributed by atoms with E-state index in [4.69, 9.17) is 19.4 Å². The molecule has 0 spiro atoms. The van der Waals surface area contributed by atoms with Gasteiger partial charge in [-0.1, -0.05) is 18.2 Å². The van der Waals surface area contributed by atoms with Gasteiger partial charge in [0, 0.05) is 0 Å².